The van der Waals surface area contributed by atoms with Crippen molar-refractivity contribution in [2.75, 3.05) is 0 Å². The predicted molar refractivity (Wildman–Crippen MR) is 104 cm³/mol. The molecule has 3 unspecified atom stereocenters. The summed E-state index contributed by atoms with van der Waals surface area (Å²) in [6.07, 6.45) is 7.58. The first-order chi connectivity index (χ1) is 12.9. The van der Waals surface area contributed by atoms with Gasteiger partial charge in [-0.3, -0.25) is 0 Å². The molecular formula is C24H20IrNO-. The fourth-order valence-corrected chi connectivity index (χ4v) is 5.35. The van der Waals surface area contributed by atoms with Crippen molar-refractivity contribution in [1.82, 2.24) is 4.98 Å². The number of nitrogens with zero attached hydrogens (tertiary/aromatic N) is 1. The average molecular weight is 531 g/mol. The first-order valence-corrected chi connectivity index (χ1v) is 9.65. The van der Waals surface area contributed by atoms with Crippen LogP contribution < -0.4 is 0 Å². The summed E-state index contributed by atoms with van der Waals surface area (Å²) in [6.45, 7) is 0. The van der Waals surface area contributed by atoms with Gasteiger partial charge in [-0.15, -0.1) is 18.2 Å². The predicted octanol–water partition coefficient (Wildman–Crippen LogP) is 6.35. The number of rotatable bonds is 2. The van der Waals surface area contributed by atoms with E-state index in [0.29, 0.717) is 5.92 Å². The minimum Gasteiger partial charge on any atom is -0.501 e. The van der Waals surface area contributed by atoms with E-state index in [0.717, 1.165) is 45.0 Å². The molecular weight excluding hydrogens is 510 g/mol. The molecule has 2 aromatic carbocycles. The average Bonchev–Trinajstić information content (AvgIpc) is 3.41. The molecule has 2 nitrogen and oxygen atoms in total. The summed E-state index contributed by atoms with van der Waals surface area (Å²) in [5.41, 5.74) is 5.22. The summed E-state index contributed by atoms with van der Waals surface area (Å²) in [5, 5.41) is 2.29. The molecule has 2 saturated carbocycles. The molecule has 3 atom stereocenters. The first-order valence-electron chi connectivity index (χ1n) is 9.65. The molecule has 2 bridgehead atoms. The number of hydrogen-bond donors (Lipinski definition) is 0. The molecule has 27 heavy (non-hydrogen) atoms. The largest absolute Gasteiger partial charge is 0.501 e. The van der Waals surface area contributed by atoms with Gasteiger partial charge in [-0.05, 0) is 54.8 Å². The third-order valence-corrected chi connectivity index (χ3v) is 6.54. The van der Waals surface area contributed by atoms with Crippen LogP contribution >= 0.6 is 0 Å². The Hall–Kier alpha value is -1.96. The van der Waals surface area contributed by atoms with Crippen LogP contribution in [0.1, 0.15) is 37.2 Å². The summed E-state index contributed by atoms with van der Waals surface area (Å²) < 4.78 is 6.18. The van der Waals surface area contributed by atoms with Crippen LogP contribution in [-0.4, -0.2) is 4.98 Å². The minimum atomic E-state index is 0. The van der Waals surface area contributed by atoms with E-state index in [9.17, 15) is 0 Å². The van der Waals surface area contributed by atoms with E-state index in [1.54, 1.807) is 0 Å². The van der Waals surface area contributed by atoms with E-state index in [4.69, 9.17) is 4.42 Å². The third-order valence-electron chi connectivity index (χ3n) is 6.54. The van der Waals surface area contributed by atoms with Crippen LogP contribution in [0, 0.1) is 17.9 Å². The van der Waals surface area contributed by atoms with Crippen LogP contribution in [0.25, 0.3) is 33.2 Å². The molecule has 0 N–H and O–H groups in total. The van der Waals surface area contributed by atoms with Crippen LogP contribution in [0.5, 0.6) is 0 Å². The maximum Gasteiger partial charge on any atom is 0.120 e. The Bertz CT molecular complexity index is 1130. The Labute approximate surface area is 172 Å². The Kier molecular flexibility index (Phi) is 4.18. The van der Waals surface area contributed by atoms with E-state index < -0.39 is 0 Å². The fourth-order valence-electron chi connectivity index (χ4n) is 5.35. The summed E-state index contributed by atoms with van der Waals surface area (Å²) >= 11 is 0. The van der Waals surface area contributed by atoms with Crippen molar-refractivity contribution in [3.63, 3.8) is 0 Å². The zero-order valence-corrected chi connectivity index (χ0v) is 17.3. The second-order valence-electron chi connectivity index (χ2n) is 7.95. The van der Waals surface area contributed by atoms with Gasteiger partial charge in [-0.25, -0.2) is 0 Å². The topological polar surface area (TPSA) is 26.0 Å². The molecule has 2 aromatic heterocycles. The Balaban J connectivity index is 0.00000160. The number of benzene rings is 2. The SMILES string of the molecule is [Ir].[c-]1ccc2c(oc3ccccc32)c1-c1cc(C2CC3CCC2C3)ccn1. The molecule has 3 heteroatoms. The number of fused-ring (bicyclic) bond motifs is 5. The Morgan fingerprint density at radius 2 is 1.93 bits per heavy atom. The summed E-state index contributed by atoms with van der Waals surface area (Å²) in [5.74, 6) is 2.54. The van der Waals surface area contributed by atoms with E-state index in [2.05, 4.69) is 41.4 Å². The van der Waals surface area contributed by atoms with Gasteiger partial charge in [0.1, 0.15) is 5.58 Å². The smallest absolute Gasteiger partial charge is 0.120 e. The molecule has 1 radical (unpaired) electrons. The quantitative estimate of drug-likeness (QED) is 0.282. The van der Waals surface area contributed by atoms with E-state index in [1.807, 2.05) is 24.4 Å². The van der Waals surface area contributed by atoms with Gasteiger partial charge in [-0.2, -0.15) is 0 Å². The van der Waals surface area contributed by atoms with E-state index >= 15 is 0 Å². The maximum absolute atomic E-state index is 6.18. The Morgan fingerprint density at radius 3 is 2.78 bits per heavy atom. The van der Waals surface area contributed by atoms with Gasteiger partial charge < -0.3 is 9.40 Å². The summed E-state index contributed by atoms with van der Waals surface area (Å²) in [6, 6.07) is 20.2. The van der Waals surface area contributed by atoms with Crippen molar-refractivity contribution in [3.05, 3.63) is 66.4 Å². The molecule has 2 aliphatic carbocycles. The normalized spacial score (nSPS) is 23.8. The van der Waals surface area contributed by atoms with Crippen molar-refractivity contribution >= 4 is 21.9 Å². The van der Waals surface area contributed by atoms with E-state index in [-0.39, 0.29) is 20.1 Å². The molecule has 137 valence electrons. The van der Waals surface area contributed by atoms with Crippen LogP contribution in [0.4, 0.5) is 0 Å². The summed E-state index contributed by atoms with van der Waals surface area (Å²) in [4.78, 5) is 4.67. The molecule has 0 spiro atoms. The molecule has 0 aliphatic heterocycles. The van der Waals surface area contributed by atoms with E-state index in [1.165, 1.54) is 31.2 Å². The van der Waals surface area contributed by atoms with Crippen molar-refractivity contribution in [3.8, 4) is 11.3 Å². The maximum atomic E-state index is 6.18. The monoisotopic (exact) mass is 531 g/mol. The number of para-hydroxylation sites is 1. The van der Waals surface area contributed by atoms with Gasteiger partial charge in [0.15, 0.2) is 0 Å². The van der Waals surface area contributed by atoms with Crippen molar-refractivity contribution < 1.29 is 24.5 Å². The van der Waals surface area contributed by atoms with Crippen molar-refractivity contribution in [1.29, 1.82) is 0 Å². The number of pyridine rings is 1. The zero-order chi connectivity index (χ0) is 17.1. The number of hydrogen-bond acceptors (Lipinski definition) is 2. The van der Waals surface area contributed by atoms with Gasteiger partial charge in [0, 0.05) is 31.7 Å². The molecule has 2 fully saturated rings. The molecule has 2 aliphatic rings. The van der Waals surface area contributed by atoms with Gasteiger partial charge in [-0.1, -0.05) is 47.2 Å². The van der Waals surface area contributed by atoms with Crippen molar-refractivity contribution in [2.45, 2.75) is 31.6 Å². The number of furan rings is 1. The first kappa shape index (κ1) is 17.2. The second kappa shape index (κ2) is 6.58. The zero-order valence-electron chi connectivity index (χ0n) is 14.9. The van der Waals surface area contributed by atoms with Crippen LogP contribution in [0.2, 0.25) is 0 Å². The molecule has 0 saturated heterocycles. The van der Waals surface area contributed by atoms with Crippen molar-refractivity contribution in [2.24, 2.45) is 11.8 Å². The fraction of sp³-hybridized carbons (Fsp3) is 0.292. The van der Waals surface area contributed by atoms with Crippen LogP contribution in [0.3, 0.4) is 0 Å². The number of aromatic nitrogens is 1. The van der Waals surface area contributed by atoms with Gasteiger partial charge in [0.25, 0.3) is 0 Å². The van der Waals surface area contributed by atoms with Gasteiger partial charge in [0.05, 0.1) is 5.58 Å². The molecule has 0 amide bonds. The van der Waals surface area contributed by atoms with Gasteiger partial charge in [0.2, 0.25) is 0 Å². The summed E-state index contributed by atoms with van der Waals surface area (Å²) in [7, 11) is 0. The van der Waals surface area contributed by atoms with Gasteiger partial charge >= 0.3 is 0 Å². The third kappa shape index (κ3) is 2.68. The van der Waals surface area contributed by atoms with Crippen LogP contribution in [0.15, 0.2) is 59.1 Å². The molecule has 4 aromatic rings. The Morgan fingerprint density at radius 1 is 1.00 bits per heavy atom. The molecule has 6 rings (SSSR count). The standard InChI is InChI=1S/C24H20NO.Ir/c1-2-7-23-18(4-1)19-5-3-6-20(24(19)26-23)22-14-17(10-11-25-22)21-13-15-8-9-16(21)12-15;/h1-5,7,10-11,14-16,21H,8-9,12-13H2;/q-1;. The second-order valence-corrected chi connectivity index (χ2v) is 7.95. The minimum absolute atomic E-state index is 0. The van der Waals surface area contributed by atoms with Crippen LogP contribution in [-0.2, 0) is 20.1 Å². The molecule has 2 heterocycles.